The SMILES string of the molecule is Cc1ccccc1-c1ccccc1C(O[SiH3])(c1ccccc1)c1ccccc1. The zero-order chi connectivity index (χ0) is 19.4. The van der Waals surface area contributed by atoms with Gasteiger partial charge in [-0.25, -0.2) is 0 Å². The van der Waals surface area contributed by atoms with E-state index in [2.05, 4.69) is 116 Å². The van der Waals surface area contributed by atoms with Gasteiger partial charge in [-0.05, 0) is 40.3 Å². The van der Waals surface area contributed by atoms with Gasteiger partial charge in [0.1, 0.15) is 16.1 Å². The summed E-state index contributed by atoms with van der Waals surface area (Å²) in [5.74, 6) is 0. The van der Waals surface area contributed by atoms with Gasteiger partial charge in [0.15, 0.2) is 0 Å². The molecule has 0 atom stereocenters. The molecular formula is C26H24OSi. The third-order valence-electron chi connectivity index (χ3n) is 5.41. The Morgan fingerprint density at radius 2 is 1.04 bits per heavy atom. The number of aryl methyl sites for hydroxylation is 1. The molecule has 4 aromatic carbocycles. The lowest BCUT2D eigenvalue weighted by molar-refractivity contribution is 0.174. The van der Waals surface area contributed by atoms with Crippen molar-refractivity contribution in [2.24, 2.45) is 0 Å². The summed E-state index contributed by atoms with van der Waals surface area (Å²) in [6.45, 7) is 2.17. The fourth-order valence-electron chi connectivity index (χ4n) is 4.07. The van der Waals surface area contributed by atoms with E-state index < -0.39 is 5.60 Å². The Morgan fingerprint density at radius 1 is 0.571 bits per heavy atom. The number of hydrogen-bond acceptors (Lipinski definition) is 1. The van der Waals surface area contributed by atoms with Gasteiger partial charge < -0.3 is 4.43 Å². The number of benzene rings is 4. The van der Waals surface area contributed by atoms with Gasteiger partial charge in [0.25, 0.3) is 0 Å². The number of hydrogen-bond donors (Lipinski definition) is 0. The maximum absolute atomic E-state index is 6.54. The second-order valence-electron chi connectivity index (χ2n) is 6.98. The molecule has 0 bridgehead atoms. The zero-order valence-electron chi connectivity index (χ0n) is 16.3. The maximum Gasteiger partial charge on any atom is 0.148 e. The summed E-state index contributed by atoms with van der Waals surface area (Å²) in [5, 5.41) is 0. The van der Waals surface area contributed by atoms with E-state index in [1.54, 1.807) is 0 Å². The van der Waals surface area contributed by atoms with Gasteiger partial charge in [-0.15, -0.1) is 0 Å². The lowest BCUT2D eigenvalue weighted by Crippen LogP contribution is -2.32. The summed E-state index contributed by atoms with van der Waals surface area (Å²) in [7, 11) is 0.609. The molecule has 0 N–H and O–H groups in total. The van der Waals surface area contributed by atoms with E-state index in [1.165, 1.54) is 22.3 Å². The highest BCUT2D eigenvalue weighted by atomic mass is 28.2. The summed E-state index contributed by atoms with van der Waals surface area (Å²) in [6.07, 6.45) is 0. The Kier molecular flexibility index (Phi) is 5.24. The summed E-state index contributed by atoms with van der Waals surface area (Å²) in [4.78, 5) is 0. The van der Waals surface area contributed by atoms with Crippen molar-refractivity contribution in [2.75, 3.05) is 0 Å². The zero-order valence-corrected chi connectivity index (χ0v) is 18.3. The smallest absolute Gasteiger partial charge is 0.148 e. The molecule has 0 fully saturated rings. The van der Waals surface area contributed by atoms with Gasteiger partial charge >= 0.3 is 0 Å². The molecule has 138 valence electrons. The minimum absolute atomic E-state index is 0.609. The summed E-state index contributed by atoms with van der Waals surface area (Å²) in [6, 6.07) is 38.3. The van der Waals surface area contributed by atoms with Crippen molar-refractivity contribution in [1.29, 1.82) is 0 Å². The Hall–Kier alpha value is -2.94. The number of rotatable bonds is 5. The van der Waals surface area contributed by atoms with Gasteiger partial charge in [-0.2, -0.15) is 0 Å². The predicted octanol–water partition coefficient (Wildman–Crippen LogP) is 5.25. The van der Waals surface area contributed by atoms with Gasteiger partial charge in [-0.3, -0.25) is 0 Å². The van der Waals surface area contributed by atoms with Gasteiger partial charge in [0.2, 0.25) is 0 Å². The van der Waals surface area contributed by atoms with E-state index in [9.17, 15) is 0 Å². The van der Waals surface area contributed by atoms with Crippen LogP contribution in [0.5, 0.6) is 0 Å². The lowest BCUT2D eigenvalue weighted by Gasteiger charge is -2.37. The Balaban J connectivity index is 2.07. The molecule has 4 rings (SSSR count). The molecular weight excluding hydrogens is 356 g/mol. The molecule has 0 aromatic heterocycles. The minimum atomic E-state index is -0.631. The normalized spacial score (nSPS) is 11.5. The highest BCUT2D eigenvalue weighted by molar-refractivity contribution is 5.99. The maximum atomic E-state index is 6.54. The molecule has 4 aromatic rings. The van der Waals surface area contributed by atoms with Crippen LogP contribution in [0.3, 0.4) is 0 Å². The third kappa shape index (κ3) is 3.11. The van der Waals surface area contributed by atoms with Crippen molar-refractivity contribution in [1.82, 2.24) is 0 Å². The fourth-order valence-corrected chi connectivity index (χ4v) is 4.76. The first-order valence-electron chi connectivity index (χ1n) is 9.59. The van der Waals surface area contributed by atoms with E-state index in [0.717, 1.165) is 11.1 Å². The molecule has 0 aliphatic heterocycles. The van der Waals surface area contributed by atoms with Crippen LogP contribution < -0.4 is 0 Å². The molecule has 0 saturated carbocycles. The average molecular weight is 381 g/mol. The molecule has 0 aliphatic carbocycles. The van der Waals surface area contributed by atoms with Crippen LogP contribution in [0.4, 0.5) is 0 Å². The summed E-state index contributed by atoms with van der Waals surface area (Å²) >= 11 is 0. The first-order chi connectivity index (χ1) is 13.8. The molecule has 0 radical (unpaired) electrons. The molecule has 0 heterocycles. The molecule has 0 aliphatic rings. The Bertz CT molecular complexity index is 1020. The van der Waals surface area contributed by atoms with Crippen LogP contribution in [0.1, 0.15) is 22.3 Å². The highest BCUT2D eigenvalue weighted by Gasteiger charge is 2.37. The fraction of sp³-hybridized carbons (Fsp3) is 0.0769. The van der Waals surface area contributed by atoms with E-state index in [-0.39, 0.29) is 0 Å². The van der Waals surface area contributed by atoms with Gasteiger partial charge in [0, 0.05) is 0 Å². The van der Waals surface area contributed by atoms with Crippen LogP contribution in [0.25, 0.3) is 11.1 Å². The standard InChI is InChI=1S/C26H24OSi/c1-20-12-8-9-17-23(20)24-18-10-11-19-25(24)26(27-28,21-13-4-2-5-14-21)22-15-6-3-7-16-22/h2-19H,1,28H3. The van der Waals surface area contributed by atoms with Crippen molar-refractivity contribution in [3.63, 3.8) is 0 Å². The topological polar surface area (TPSA) is 9.23 Å². The lowest BCUT2D eigenvalue weighted by atomic mass is 9.77. The van der Waals surface area contributed by atoms with Crippen LogP contribution in [0.15, 0.2) is 109 Å². The Labute approximate surface area is 170 Å². The van der Waals surface area contributed by atoms with Crippen LogP contribution in [0.2, 0.25) is 0 Å². The molecule has 28 heavy (non-hydrogen) atoms. The van der Waals surface area contributed by atoms with Crippen molar-refractivity contribution in [2.45, 2.75) is 12.5 Å². The molecule has 0 amide bonds. The van der Waals surface area contributed by atoms with Crippen LogP contribution >= 0.6 is 0 Å². The van der Waals surface area contributed by atoms with Gasteiger partial charge in [-0.1, -0.05) is 109 Å². The van der Waals surface area contributed by atoms with E-state index in [0.29, 0.717) is 10.5 Å². The van der Waals surface area contributed by atoms with Crippen molar-refractivity contribution in [3.05, 3.63) is 131 Å². The van der Waals surface area contributed by atoms with Crippen molar-refractivity contribution >= 4 is 10.5 Å². The average Bonchev–Trinajstić information content (AvgIpc) is 2.77. The van der Waals surface area contributed by atoms with E-state index in [4.69, 9.17) is 4.43 Å². The Morgan fingerprint density at radius 3 is 1.57 bits per heavy atom. The molecule has 0 unspecified atom stereocenters. The van der Waals surface area contributed by atoms with Crippen molar-refractivity contribution < 1.29 is 4.43 Å². The summed E-state index contributed by atoms with van der Waals surface area (Å²) < 4.78 is 6.54. The van der Waals surface area contributed by atoms with Gasteiger partial charge in [0.05, 0.1) is 0 Å². The third-order valence-corrected chi connectivity index (χ3v) is 6.02. The minimum Gasteiger partial charge on any atom is -0.411 e. The molecule has 0 saturated heterocycles. The van der Waals surface area contributed by atoms with Crippen molar-refractivity contribution in [3.8, 4) is 11.1 Å². The first kappa shape index (κ1) is 18.4. The summed E-state index contributed by atoms with van der Waals surface area (Å²) in [5.41, 5.74) is 6.56. The molecule has 0 spiro atoms. The van der Waals surface area contributed by atoms with Crippen LogP contribution in [-0.4, -0.2) is 10.5 Å². The molecule has 2 heteroatoms. The highest BCUT2D eigenvalue weighted by Crippen LogP contribution is 2.44. The largest absolute Gasteiger partial charge is 0.411 e. The van der Waals surface area contributed by atoms with Crippen LogP contribution in [0, 0.1) is 6.92 Å². The van der Waals surface area contributed by atoms with E-state index >= 15 is 0 Å². The first-order valence-corrected chi connectivity index (χ1v) is 10.4. The predicted molar refractivity (Wildman–Crippen MR) is 120 cm³/mol. The van der Waals surface area contributed by atoms with E-state index in [1.807, 2.05) is 0 Å². The monoisotopic (exact) mass is 380 g/mol. The second-order valence-corrected chi connectivity index (χ2v) is 7.39. The second kappa shape index (κ2) is 7.97. The quantitative estimate of drug-likeness (QED) is 0.339. The van der Waals surface area contributed by atoms with Crippen LogP contribution in [-0.2, 0) is 10.0 Å². The molecule has 1 nitrogen and oxygen atoms in total.